The summed E-state index contributed by atoms with van der Waals surface area (Å²) in [5.41, 5.74) is 0.285. The van der Waals surface area contributed by atoms with E-state index in [-0.39, 0.29) is 17.9 Å². The van der Waals surface area contributed by atoms with Crippen LogP contribution in [-0.2, 0) is 0 Å². The average molecular weight is 298 g/mol. The average Bonchev–Trinajstić information content (AvgIpc) is 2.44. The Hall–Kier alpha value is -2.21. The van der Waals surface area contributed by atoms with Gasteiger partial charge in [0.25, 0.3) is 0 Å². The summed E-state index contributed by atoms with van der Waals surface area (Å²) in [6.45, 7) is -0.0700. The van der Waals surface area contributed by atoms with Crippen molar-refractivity contribution in [2.45, 2.75) is 12.5 Å². The number of para-hydroxylation sites is 1. The van der Waals surface area contributed by atoms with Crippen LogP contribution in [0.15, 0.2) is 54.6 Å². The topological polar surface area (TPSA) is 38.7 Å². The zero-order valence-electron chi connectivity index (χ0n) is 10.9. The van der Waals surface area contributed by atoms with Crippen molar-refractivity contribution in [1.82, 2.24) is 0 Å². The molecule has 0 radical (unpaired) electrons. The predicted octanol–water partition coefficient (Wildman–Crippen LogP) is 3.70. The Morgan fingerprint density at radius 3 is 2.29 bits per heavy atom. The van der Waals surface area contributed by atoms with Crippen LogP contribution >= 0.6 is 0 Å². The number of alkyl halides is 3. The highest BCUT2D eigenvalue weighted by atomic mass is 19.4. The Balaban J connectivity index is 1.99. The number of aliphatic hydroxyl groups excluding tert-OH is 1. The van der Waals surface area contributed by atoms with Crippen LogP contribution in [0.3, 0.4) is 0 Å². The number of hydrogen-bond donors (Lipinski definition) is 1. The molecule has 6 heteroatoms. The van der Waals surface area contributed by atoms with Crippen LogP contribution in [0.4, 0.5) is 13.2 Å². The van der Waals surface area contributed by atoms with Crippen LogP contribution < -0.4 is 9.47 Å². The standard InChI is InChI=1S/C15H13F3O3/c16-15(17,18)21-13-8-4-5-11(9-13)14(19)10-20-12-6-2-1-3-7-12/h1-9,14,19H,10H2. The van der Waals surface area contributed by atoms with Crippen molar-refractivity contribution >= 4 is 0 Å². The smallest absolute Gasteiger partial charge is 0.491 e. The number of ether oxygens (including phenoxy) is 2. The molecule has 0 spiro atoms. The lowest BCUT2D eigenvalue weighted by molar-refractivity contribution is -0.274. The van der Waals surface area contributed by atoms with E-state index in [1.165, 1.54) is 18.2 Å². The molecule has 3 nitrogen and oxygen atoms in total. The first kappa shape index (κ1) is 15.2. The van der Waals surface area contributed by atoms with Crippen LogP contribution in [0.5, 0.6) is 11.5 Å². The Labute approximate surface area is 119 Å². The van der Waals surface area contributed by atoms with Crippen molar-refractivity contribution in [3.05, 3.63) is 60.2 Å². The van der Waals surface area contributed by atoms with Crippen LogP contribution in [0.1, 0.15) is 11.7 Å². The molecule has 0 aliphatic rings. The van der Waals surface area contributed by atoms with Gasteiger partial charge in [-0.05, 0) is 29.8 Å². The minimum absolute atomic E-state index is 0.0700. The second kappa shape index (κ2) is 6.49. The Bertz CT molecular complexity index is 570. The minimum Gasteiger partial charge on any atom is -0.491 e. The molecule has 0 heterocycles. The summed E-state index contributed by atoms with van der Waals surface area (Å²) in [4.78, 5) is 0. The SMILES string of the molecule is OC(COc1ccccc1)c1cccc(OC(F)(F)F)c1. The van der Waals surface area contributed by atoms with Crippen molar-refractivity contribution in [1.29, 1.82) is 0 Å². The highest BCUT2D eigenvalue weighted by Crippen LogP contribution is 2.25. The van der Waals surface area contributed by atoms with Gasteiger partial charge in [0.2, 0.25) is 0 Å². The zero-order valence-corrected chi connectivity index (χ0v) is 10.9. The first-order chi connectivity index (χ1) is 9.94. The highest BCUT2D eigenvalue weighted by Gasteiger charge is 2.31. The summed E-state index contributed by atoms with van der Waals surface area (Å²) in [6, 6.07) is 14.0. The van der Waals surface area contributed by atoms with Gasteiger partial charge in [-0.15, -0.1) is 13.2 Å². The third-order valence-electron chi connectivity index (χ3n) is 2.63. The molecule has 0 saturated heterocycles. The van der Waals surface area contributed by atoms with Gasteiger partial charge in [-0.1, -0.05) is 30.3 Å². The van der Waals surface area contributed by atoms with Gasteiger partial charge >= 0.3 is 6.36 Å². The highest BCUT2D eigenvalue weighted by molar-refractivity contribution is 5.30. The van der Waals surface area contributed by atoms with E-state index >= 15 is 0 Å². The summed E-state index contributed by atoms with van der Waals surface area (Å²) >= 11 is 0. The fourth-order valence-electron chi connectivity index (χ4n) is 1.71. The Kier molecular flexibility index (Phi) is 4.70. The van der Waals surface area contributed by atoms with E-state index in [0.29, 0.717) is 5.75 Å². The van der Waals surface area contributed by atoms with E-state index in [4.69, 9.17) is 4.74 Å². The molecule has 0 fully saturated rings. The van der Waals surface area contributed by atoms with Gasteiger partial charge in [0.1, 0.15) is 24.2 Å². The van der Waals surface area contributed by atoms with Crippen LogP contribution in [0, 0.1) is 0 Å². The molecule has 0 bridgehead atoms. The van der Waals surface area contributed by atoms with Crippen LogP contribution in [0.25, 0.3) is 0 Å². The lowest BCUT2D eigenvalue weighted by Gasteiger charge is -2.14. The number of aliphatic hydroxyl groups is 1. The van der Waals surface area contributed by atoms with Crippen molar-refractivity contribution in [3.8, 4) is 11.5 Å². The molecular formula is C15H13F3O3. The maximum Gasteiger partial charge on any atom is 0.573 e. The molecule has 0 aliphatic heterocycles. The molecule has 112 valence electrons. The summed E-state index contributed by atoms with van der Waals surface area (Å²) in [5.74, 6) is 0.193. The largest absolute Gasteiger partial charge is 0.573 e. The normalized spacial score (nSPS) is 12.8. The van der Waals surface area contributed by atoms with Gasteiger partial charge in [-0.2, -0.15) is 0 Å². The van der Waals surface area contributed by atoms with Gasteiger partial charge in [-0.3, -0.25) is 0 Å². The number of halogens is 3. The molecule has 1 unspecified atom stereocenters. The molecule has 0 aromatic heterocycles. The van der Waals surface area contributed by atoms with E-state index in [1.807, 2.05) is 6.07 Å². The van der Waals surface area contributed by atoms with Gasteiger partial charge in [-0.25, -0.2) is 0 Å². The quantitative estimate of drug-likeness (QED) is 0.914. The molecule has 0 saturated carbocycles. The van der Waals surface area contributed by atoms with Gasteiger partial charge in [0.15, 0.2) is 0 Å². The second-order valence-corrected chi connectivity index (χ2v) is 4.26. The Morgan fingerprint density at radius 1 is 0.952 bits per heavy atom. The molecule has 1 N–H and O–H groups in total. The molecule has 2 rings (SSSR count). The molecule has 1 atom stereocenters. The molecular weight excluding hydrogens is 285 g/mol. The maximum absolute atomic E-state index is 12.1. The summed E-state index contributed by atoms with van der Waals surface area (Å²) in [6.07, 6.45) is -5.81. The third-order valence-corrected chi connectivity index (χ3v) is 2.63. The fraction of sp³-hybridized carbons (Fsp3) is 0.200. The van der Waals surface area contributed by atoms with Gasteiger partial charge in [0.05, 0.1) is 0 Å². The number of hydrogen-bond acceptors (Lipinski definition) is 3. The van der Waals surface area contributed by atoms with E-state index in [9.17, 15) is 18.3 Å². The van der Waals surface area contributed by atoms with E-state index < -0.39 is 12.5 Å². The van der Waals surface area contributed by atoms with Crippen LogP contribution in [-0.4, -0.2) is 18.1 Å². The molecule has 2 aromatic carbocycles. The fourth-order valence-corrected chi connectivity index (χ4v) is 1.71. The molecule has 2 aromatic rings. The van der Waals surface area contributed by atoms with Gasteiger partial charge < -0.3 is 14.6 Å². The second-order valence-electron chi connectivity index (χ2n) is 4.26. The lowest BCUT2D eigenvalue weighted by Crippen LogP contribution is -2.17. The van der Waals surface area contributed by atoms with Crippen molar-refractivity contribution in [2.24, 2.45) is 0 Å². The number of rotatable bonds is 5. The molecule has 21 heavy (non-hydrogen) atoms. The van der Waals surface area contributed by atoms with E-state index in [0.717, 1.165) is 6.07 Å². The third kappa shape index (κ3) is 5.00. The summed E-state index contributed by atoms with van der Waals surface area (Å²) in [5, 5.41) is 9.94. The van der Waals surface area contributed by atoms with Crippen molar-refractivity contribution in [3.63, 3.8) is 0 Å². The van der Waals surface area contributed by atoms with E-state index in [1.54, 1.807) is 24.3 Å². The number of benzene rings is 2. The van der Waals surface area contributed by atoms with Crippen molar-refractivity contribution in [2.75, 3.05) is 6.61 Å². The van der Waals surface area contributed by atoms with E-state index in [2.05, 4.69) is 4.74 Å². The lowest BCUT2D eigenvalue weighted by atomic mass is 10.1. The zero-order chi connectivity index (χ0) is 15.3. The molecule has 0 aliphatic carbocycles. The maximum atomic E-state index is 12.1. The first-order valence-electron chi connectivity index (χ1n) is 6.16. The van der Waals surface area contributed by atoms with Crippen molar-refractivity contribution < 1.29 is 27.8 Å². The summed E-state index contributed by atoms with van der Waals surface area (Å²) < 4.78 is 45.6. The predicted molar refractivity (Wildman–Crippen MR) is 70.0 cm³/mol. The van der Waals surface area contributed by atoms with Gasteiger partial charge in [0, 0.05) is 0 Å². The monoisotopic (exact) mass is 298 g/mol. The Morgan fingerprint density at radius 2 is 1.62 bits per heavy atom. The first-order valence-corrected chi connectivity index (χ1v) is 6.16. The van der Waals surface area contributed by atoms with Crippen LogP contribution in [0.2, 0.25) is 0 Å². The molecule has 0 amide bonds. The summed E-state index contributed by atoms with van der Waals surface area (Å²) in [7, 11) is 0. The minimum atomic E-state index is -4.76.